The van der Waals surface area contributed by atoms with Crippen LogP contribution in [0.2, 0.25) is 0 Å². The molecule has 0 N–H and O–H groups in total. The normalized spacial score (nSPS) is 12.3. The molecule has 0 spiro atoms. The summed E-state index contributed by atoms with van der Waals surface area (Å²) in [4.78, 5) is 10.5. The highest BCUT2D eigenvalue weighted by Crippen LogP contribution is 2.27. The fourth-order valence-electron chi connectivity index (χ4n) is 2.48. The molecule has 2 aromatic carbocycles. The van der Waals surface area contributed by atoms with Crippen LogP contribution in [0.4, 0.5) is 26.3 Å². The summed E-state index contributed by atoms with van der Waals surface area (Å²) < 4.78 is 113. The molecule has 2 aromatic rings. The molecule has 0 fully saturated rings. The molecule has 5 nitrogen and oxygen atoms in total. The Kier molecular flexibility index (Phi) is 7.06. The number of carbonyl (C=O) groups is 1. The minimum Gasteiger partial charge on any atom is -0.459 e. The molecule has 12 heteroatoms. The van der Waals surface area contributed by atoms with E-state index in [2.05, 4.69) is 0 Å². The Hall–Kier alpha value is -2.60. The van der Waals surface area contributed by atoms with Crippen LogP contribution in [0, 0.1) is 34.9 Å². The fourth-order valence-corrected chi connectivity index (χ4v) is 3.91. The van der Waals surface area contributed by atoms with E-state index in [9.17, 15) is 39.6 Å². The van der Waals surface area contributed by atoms with E-state index >= 15 is 0 Å². The highest BCUT2D eigenvalue weighted by atomic mass is 32.2. The number of hydrogen-bond acceptors (Lipinski definition) is 4. The van der Waals surface area contributed by atoms with Crippen LogP contribution >= 0.6 is 0 Å². The van der Waals surface area contributed by atoms with Crippen molar-refractivity contribution in [3.63, 3.8) is 0 Å². The minimum atomic E-state index is -5.25. The van der Waals surface area contributed by atoms with E-state index in [1.165, 1.54) is 20.8 Å². The maximum absolute atomic E-state index is 14.2. The van der Waals surface area contributed by atoms with Gasteiger partial charge in [0.1, 0.15) is 17.0 Å². The Labute approximate surface area is 174 Å². The molecule has 0 atom stereocenters. The zero-order valence-corrected chi connectivity index (χ0v) is 17.3. The number of esters is 1. The van der Waals surface area contributed by atoms with Gasteiger partial charge in [0.15, 0.2) is 34.9 Å². The number of rotatable bonds is 6. The van der Waals surface area contributed by atoms with Crippen LogP contribution in [0.25, 0.3) is 0 Å². The fraction of sp³-hybridized carbons (Fsp3) is 0.316. The summed E-state index contributed by atoms with van der Waals surface area (Å²) in [5.74, 6) is -12.9. The van der Waals surface area contributed by atoms with Gasteiger partial charge in [-0.3, -0.25) is 4.79 Å². The molecular weight excluding hydrogens is 452 g/mol. The number of hydrogen-bond donors (Lipinski definition) is 0. The third kappa shape index (κ3) is 5.56. The first kappa shape index (κ1) is 24.7. The number of ether oxygens (including phenoxy) is 1. The second-order valence-corrected chi connectivity index (χ2v) is 9.28. The van der Waals surface area contributed by atoms with Gasteiger partial charge in [-0.05, 0) is 26.8 Å². The lowest BCUT2D eigenvalue weighted by Crippen LogP contribution is -2.39. The number of halogens is 6. The molecule has 0 unspecified atom stereocenters. The zero-order valence-electron chi connectivity index (χ0n) is 16.5. The Morgan fingerprint density at radius 1 is 0.935 bits per heavy atom. The predicted octanol–water partition coefficient (Wildman–Crippen LogP) is 4.05. The first-order valence-electron chi connectivity index (χ1n) is 8.63. The molecule has 0 saturated carbocycles. The van der Waals surface area contributed by atoms with Gasteiger partial charge in [-0.25, -0.2) is 34.8 Å². The van der Waals surface area contributed by atoms with Gasteiger partial charge in [-0.15, -0.1) is 0 Å². The topological polar surface area (TPSA) is 63.7 Å². The lowest BCUT2D eigenvalue weighted by atomic mass is 10.2. The van der Waals surface area contributed by atoms with Crippen molar-refractivity contribution < 1.29 is 44.3 Å². The highest BCUT2D eigenvalue weighted by Gasteiger charge is 2.35. The number of sulfonamides is 1. The number of carbonyl (C=O) groups excluding carboxylic acids is 1. The Bertz CT molecular complexity index is 1120. The average molecular weight is 469 g/mol. The molecule has 0 aliphatic heterocycles. The van der Waals surface area contributed by atoms with Gasteiger partial charge in [0.25, 0.3) is 0 Å². The summed E-state index contributed by atoms with van der Waals surface area (Å²) in [6.45, 7) is 2.21. The van der Waals surface area contributed by atoms with E-state index < -0.39 is 80.0 Å². The molecule has 0 aliphatic carbocycles. The molecule has 31 heavy (non-hydrogen) atoms. The van der Waals surface area contributed by atoms with Crippen LogP contribution < -0.4 is 0 Å². The van der Waals surface area contributed by atoms with E-state index in [4.69, 9.17) is 4.74 Å². The van der Waals surface area contributed by atoms with E-state index in [1.807, 2.05) is 0 Å². The van der Waals surface area contributed by atoms with Gasteiger partial charge in [-0.2, -0.15) is 4.31 Å². The first-order chi connectivity index (χ1) is 14.1. The highest BCUT2D eigenvalue weighted by molar-refractivity contribution is 7.89. The second-order valence-electron chi connectivity index (χ2n) is 7.37. The van der Waals surface area contributed by atoms with Crippen LogP contribution in [0.3, 0.4) is 0 Å². The van der Waals surface area contributed by atoms with Gasteiger partial charge in [-0.1, -0.05) is 12.1 Å². The van der Waals surface area contributed by atoms with Crippen LogP contribution in [-0.4, -0.2) is 30.8 Å². The zero-order chi connectivity index (χ0) is 23.7. The van der Waals surface area contributed by atoms with Crippen LogP contribution in [0.1, 0.15) is 26.3 Å². The Balaban J connectivity index is 2.58. The van der Waals surface area contributed by atoms with Crippen molar-refractivity contribution in [1.82, 2.24) is 4.31 Å². The minimum absolute atomic E-state index is 0.118. The molecule has 0 aromatic heterocycles. The van der Waals surface area contributed by atoms with E-state index in [0.717, 1.165) is 18.2 Å². The summed E-state index contributed by atoms with van der Waals surface area (Å²) in [7, 11) is -5.25. The molecule has 0 amide bonds. The molecule has 0 saturated heterocycles. The van der Waals surface area contributed by atoms with Gasteiger partial charge in [0, 0.05) is 18.2 Å². The monoisotopic (exact) mass is 469 g/mol. The van der Waals surface area contributed by atoms with Crippen LogP contribution in [-0.2, 0) is 26.1 Å². The smallest absolute Gasteiger partial charge is 0.321 e. The summed E-state index contributed by atoms with van der Waals surface area (Å²) in [5, 5.41) is 0. The molecular formula is C19H17F6NO4S. The Morgan fingerprint density at radius 2 is 1.55 bits per heavy atom. The van der Waals surface area contributed by atoms with Crippen molar-refractivity contribution >= 4 is 16.0 Å². The lowest BCUT2D eigenvalue weighted by molar-refractivity contribution is -0.155. The van der Waals surface area contributed by atoms with Gasteiger partial charge < -0.3 is 4.74 Å². The van der Waals surface area contributed by atoms with E-state index in [-0.39, 0.29) is 10.4 Å². The van der Waals surface area contributed by atoms with Crippen LogP contribution in [0.15, 0.2) is 29.2 Å². The van der Waals surface area contributed by atoms with Crippen molar-refractivity contribution in [3.8, 4) is 0 Å². The Morgan fingerprint density at radius 3 is 2.13 bits per heavy atom. The van der Waals surface area contributed by atoms with Crippen molar-refractivity contribution in [2.24, 2.45) is 0 Å². The standard InChI is InChI=1S/C19H17F6NO4S/c1-19(2,3)30-14(27)9-26(8-10-5-4-6-11(20)15(10)22)31(28,29)13-7-12(21)16(23)18(25)17(13)24/h4-7H,8-9H2,1-3H3. The summed E-state index contributed by atoms with van der Waals surface area (Å²) in [6, 6.07) is 2.66. The predicted molar refractivity (Wildman–Crippen MR) is 96.1 cm³/mol. The average Bonchev–Trinajstić information content (AvgIpc) is 2.64. The molecule has 0 heterocycles. The van der Waals surface area contributed by atoms with Crippen molar-refractivity contribution in [2.45, 2.75) is 37.8 Å². The van der Waals surface area contributed by atoms with Gasteiger partial charge in [0.05, 0.1) is 0 Å². The molecule has 2 rings (SSSR count). The SMILES string of the molecule is CC(C)(C)OC(=O)CN(Cc1cccc(F)c1F)S(=O)(=O)c1cc(F)c(F)c(F)c1F. The molecule has 0 aliphatic rings. The molecule has 0 bridgehead atoms. The van der Waals surface area contributed by atoms with Gasteiger partial charge in [0.2, 0.25) is 10.0 Å². The summed E-state index contributed by atoms with van der Waals surface area (Å²) >= 11 is 0. The molecule has 170 valence electrons. The maximum Gasteiger partial charge on any atom is 0.321 e. The first-order valence-corrected chi connectivity index (χ1v) is 10.1. The summed E-state index contributed by atoms with van der Waals surface area (Å²) in [6.07, 6.45) is 0. The van der Waals surface area contributed by atoms with Crippen LogP contribution in [0.5, 0.6) is 0 Å². The van der Waals surface area contributed by atoms with Crippen molar-refractivity contribution in [1.29, 1.82) is 0 Å². The number of nitrogens with zero attached hydrogens (tertiary/aromatic N) is 1. The van der Waals surface area contributed by atoms with Gasteiger partial charge >= 0.3 is 5.97 Å². The quantitative estimate of drug-likeness (QED) is 0.277. The molecule has 0 radical (unpaired) electrons. The number of benzene rings is 2. The van der Waals surface area contributed by atoms with E-state index in [0.29, 0.717) is 0 Å². The van der Waals surface area contributed by atoms with Crippen molar-refractivity contribution in [2.75, 3.05) is 6.54 Å². The van der Waals surface area contributed by atoms with Crippen molar-refractivity contribution in [3.05, 3.63) is 64.7 Å². The summed E-state index contributed by atoms with van der Waals surface area (Å²) in [5.41, 5.74) is -1.63. The second kappa shape index (κ2) is 8.87. The third-order valence-corrected chi connectivity index (χ3v) is 5.58. The lowest BCUT2D eigenvalue weighted by Gasteiger charge is -2.25. The third-order valence-electron chi connectivity index (χ3n) is 3.79. The largest absolute Gasteiger partial charge is 0.459 e. The van der Waals surface area contributed by atoms with E-state index in [1.54, 1.807) is 0 Å². The maximum atomic E-state index is 14.2.